The lowest BCUT2D eigenvalue weighted by Gasteiger charge is -2.35. The predicted molar refractivity (Wildman–Crippen MR) is 81.6 cm³/mol. The molecule has 0 bridgehead atoms. The lowest BCUT2D eigenvalue weighted by molar-refractivity contribution is -0.140. The third kappa shape index (κ3) is 3.54. The maximum Gasteiger partial charge on any atom is 0.419 e. The number of anilines is 1. The van der Waals surface area contributed by atoms with Gasteiger partial charge in [0.15, 0.2) is 5.82 Å². The van der Waals surface area contributed by atoms with Gasteiger partial charge in [-0.15, -0.1) is 5.10 Å². The molecule has 0 unspecified atom stereocenters. The van der Waals surface area contributed by atoms with Crippen LogP contribution in [0.15, 0.2) is 36.5 Å². The highest BCUT2D eigenvalue weighted by Crippen LogP contribution is 2.32. The number of nitrogens with zero attached hydrogens (tertiary/aromatic N) is 4. The zero-order valence-electron chi connectivity index (χ0n) is 13.0. The van der Waals surface area contributed by atoms with Crippen LogP contribution in [0.3, 0.4) is 0 Å². The highest BCUT2D eigenvalue weighted by Gasteiger charge is 2.36. The molecule has 1 aromatic heterocycles. The van der Waals surface area contributed by atoms with Crippen LogP contribution in [0.25, 0.3) is 0 Å². The molecule has 1 aromatic carbocycles. The Labute approximate surface area is 140 Å². The Morgan fingerprint density at radius 2 is 1.76 bits per heavy atom. The number of halogens is 4. The minimum atomic E-state index is -4.84. The lowest BCUT2D eigenvalue weighted by Crippen LogP contribution is -2.49. The van der Waals surface area contributed by atoms with Gasteiger partial charge >= 0.3 is 6.18 Å². The molecule has 0 N–H and O–H groups in total. The van der Waals surface area contributed by atoms with Crippen molar-refractivity contribution in [1.29, 1.82) is 0 Å². The van der Waals surface area contributed by atoms with Crippen LogP contribution in [-0.4, -0.2) is 47.2 Å². The number of carbonyl (C=O) groups is 1. The van der Waals surface area contributed by atoms with E-state index in [9.17, 15) is 22.4 Å². The summed E-state index contributed by atoms with van der Waals surface area (Å²) in [5.41, 5.74) is -2.00. The second-order valence-electron chi connectivity index (χ2n) is 5.53. The third-order valence-corrected chi connectivity index (χ3v) is 3.98. The molecule has 0 radical (unpaired) electrons. The number of aromatic nitrogens is 2. The Kier molecular flexibility index (Phi) is 4.56. The molecule has 0 aliphatic carbocycles. The highest BCUT2D eigenvalue weighted by atomic mass is 19.4. The smallest absolute Gasteiger partial charge is 0.352 e. The van der Waals surface area contributed by atoms with Crippen LogP contribution < -0.4 is 4.90 Å². The molecular weight excluding hydrogens is 340 g/mol. The Morgan fingerprint density at radius 3 is 2.36 bits per heavy atom. The van der Waals surface area contributed by atoms with Crippen molar-refractivity contribution in [3.05, 3.63) is 53.5 Å². The largest absolute Gasteiger partial charge is 0.419 e. The average molecular weight is 354 g/mol. The van der Waals surface area contributed by atoms with Gasteiger partial charge in [0.25, 0.3) is 5.91 Å². The van der Waals surface area contributed by atoms with E-state index < -0.39 is 29.0 Å². The number of carbonyl (C=O) groups excluding carboxylic acids is 1. The van der Waals surface area contributed by atoms with E-state index in [0.717, 1.165) is 12.1 Å². The van der Waals surface area contributed by atoms with Crippen molar-refractivity contribution in [2.24, 2.45) is 0 Å². The molecule has 5 nitrogen and oxygen atoms in total. The van der Waals surface area contributed by atoms with Gasteiger partial charge in [-0.1, -0.05) is 6.07 Å². The quantitative estimate of drug-likeness (QED) is 0.778. The Bertz CT molecular complexity index is 758. The SMILES string of the molecule is O=C(c1cccc(C(F)(F)F)c1F)N1CCN(c2cccnn2)CC1. The second kappa shape index (κ2) is 6.66. The topological polar surface area (TPSA) is 49.3 Å². The molecule has 0 atom stereocenters. The minimum absolute atomic E-state index is 0.255. The van der Waals surface area contributed by atoms with Crippen LogP contribution in [0.1, 0.15) is 15.9 Å². The van der Waals surface area contributed by atoms with Crippen molar-refractivity contribution >= 4 is 11.7 Å². The summed E-state index contributed by atoms with van der Waals surface area (Å²) in [7, 11) is 0. The first-order chi connectivity index (χ1) is 11.9. The van der Waals surface area contributed by atoms with Crippen molar-refractivity contribution in [1.82, 2.24) is 15.1 Å². The van der Waals surface area contributed by atoms with Crippen LogP contribution in [-0.2, 0) is 6.18 Å². The fourth-order valence-electron chi connectivity index (χ4n) is 2.69. The lowest BCUT2D eigenvalue weighted by atomic mass is 10.1. The molecule has 1 aliphatic heterocycles. The van der Waals surface area contributed by atoms with E-state index in [1.54, 1.807) is 18.3 Å². The van der Waals surface area contributed by atoms with E-state index in [4.69, 9.17) is 0 Å². The first kappa shape index (κ1) is 17.1. The monoisotopic (exact) mass is 354 g/mol. The summed E-state index contributed by atoms with van der Waals surface area (Å²) in [6.07, 6.45) is -3.30. The first-order valence-electron chi connectivity index (χ1n) is 7.55. The molecule has 9 heteroatoms. The normalized spacial score (nSPS) is 15.4. The van der Waals surface area contributed by atoms with Gasteiger partial charge in [-0.3, -0.25) is 4.79 Å². The van der Waals surface area contributed by atoms with Crippen molar-refractivity contribution in [2.75, 3.05) is 31.1 Å². The van der Waals surface area contributed by atoms with Crippen molar-refractivity contribution < 1.29 is 22.4 Å². The number of piperazine rings is 1. The zero-order valence-corrected chi connectivity index (χ0v) is 13.0. The number of alkyl halides is 3. The molecule has 25 heavy (non-hydrogen) atoms. The predicted octanol–water partition coefficient (Wildman–Crippen LogP) is 2.60. The first-order valence-corrected chi connectivity index (χ1v) is 7.55. The summed E-state index contributed by atoms with van der Waals surface area (Å²) in [5, 5.41) is 7.75. The number of rotatable bonds is 2. The van der Waals surface area contributed by atoms with Gasteiger partial charge < -0.3 is 9.80 Å². The van der Waals surface area contributed by atoms with Crippen LogP contribution >= 0.6 is 0 Å². The summed E-state index contributed by atoms with van der Waals surface area (Å²) in [4.78, 5) is 15.7. The second-order valence-corrected chi connectivity index (χ2v) is 5.53. The van der Waals surface area contributed by atoms with Gasteiger partial charge in [0.1, 0.15) is 5.82 Å². The molecule has 1 aliphatic rings. The third-order valence-electron chi connectivity index (χ3n) is 3.98. The van der Waals surface area contributed by atoms with E-state index in [1.165, 1.54) is 4.90 Å². The highest BCUT2D eigenvalue weighted by molar-refractivity contribution is 5.95. The van der Waals surface area contributed by atoms with Crippen LogP contribution in [0.5, 0.6) is 0 Å². The molecule has 132 valence electrons. The molecule has 3 rings (SSSR count). The fraction of sp³-hybridized carbons (Fsp3) is 0.312. The summed E-state index contributed by atoms with van der Waals surface area (Å²) in [6, 6.07) is 6.24. The Balaban J connectivity index is 1.73. The van der Waals surface area contributed by atoms with E-state index in [0.29, 0.717) is 25.0 Å². The Morgan fingerprint density at radius 1 is 1.04 bits per heavy atom. The standard InChI is InChI=1S/C16H14F4N4O/c17-14-11(3-1-4-12(14)16(18,19)20)15(25)24-9-7-23(8-10-24)13-5-2-6-21-22-13/h1-6H,7-10H2. The van der Waals surface area contributed by atoms with Crippen molar-refractivity contribution in [3.8, 4) is 0 Å². The maximum absolute atomic E-state index is 14.1. The summed E-state index contributed by atoms with van der Waals surface area (Å²) < 4.78 is 52.5. The molecule has 1 amide bonds. The average Bonchev–Trinajstić information content (AvgIpc) is 2.61. The van der Waals surface area contributed by atoms with Crippen LogP contribution in [0.4, 0.5) is 23.4 Å². The molecular formula is C16H14F4N4O. The van der Waals surface area contributed by atoms with E-state index in [2.05, 4.69) is 10.2 Å². The van der Waals surface area contributed by atoms with Gasteiger partial charge in [-0.2, -0.15) is 18.3 Å². The van der Waals surface area contributed by atoms with Crippen LogP contribution in [0.2, 0.25) is 0 Å². The number of hydrogen-bond donors (Lipinski definition) is 0. The summed E-state index contributed by atoms with van der Waals surface area (Å²) in [6.45, 7) is 1.38. The molecule has 2 aromatic rings. The Hall–Kier alpha value is -2.71. The maximum atomic E-state index is 14.1. The van der Waals surface area contributed by atoms with Crippen LogP contribution in [0, 0.1) is 5.82 Å². The van der Waals surface area contributed by atoms with Gasteiger partial charge in [0.05, 0.1) is 11.1 Å². The van der Waals surface area contributed by atoms with Gasteiger partial charge in [0.2, 0.25) is 0 Å². The van der Waals surface area contributed by atoms with Gasteiger partial charge in [-0.05, 0) is 24.3 Å². The molecule has 0 spiro atoms. The van der Waals surface area contributed by atoms with Gasteiger partial charge in [-0.25, -0.2) is 4.39 Å². The zero-order chi connectivity index (χ0) is 18.0. The van der Waals surface area contributed by atoms with E-state index in [-0.39, 0.29) is 13.1 Å². The molecule has 2 heterocycles. The number of benzene rings is 1. The summed E-state index contributed by atoms with van der Waals surface area (Å²) >= 11 is 0. The minimum Gasteiger partial charge on any atom is -0.352 e. The van der Waals surface area contributed by atoms with Crippen molar-refractivity contribution in [3.63, 3.8) is 0 Å². The van der Waals surface area contributed by atoms with E-state index in [1.807, 2.05) is 4.90 Å². The molecule has 1 fully saturated rings. The molecule has 1 saturated heterocycles. The number of hydrogen-bond acceptors (Lipinski definition) is 4. The fourth-order valence-corrected chi connectivity index (χ4v) is 2.69. The van der Waals surface area contributed by atoms with Gasteiger partial charge in [0, 0.05) is 32.4 Å². The van der Waals surface area contributed by atoms with E-state index >= 15 is 0 Å². The van der Waals surface area contributed by atoms with Crippen molar-refractivity contribution in [2.45, 2.75) is 6.18 Å². The summed E-state index contributed by atoms with van der Waals surface area (Å²) in [5.74, 6) is -1.63. The number of amides is 1. The molecule has 0 saturated carbocycles.